The van der Waals surface area contributed by atoms with Gasteiger partial charge in [-0.1, -0.05) is 6.92 Å². The van der Waals surface area contributed by atoms with Crippen LogP contribution in [0.15, 0.2) is 23.2 Å². The second-order valence-corrected chi connectivity index (χ2v) is 6.76. The SMILES string of the molecule is CCCN(C1CCNC1)S(=O)(=O)c1ccc([N+](=O)[O-])nc1. The largest absolute Gasteiger partial charge is 0.363 e. The van der Waals surface area contributed by atoms with E-state index in [1.165, 1.54) is 10.4 Å². The Hall–Kier alpha value is -1.58. The Morgan fingerprint density at radius 3 is 2.76 bits per heavy atom. The zero-order chi connectivity index (χ0) is 15.5. The predicted molar refractivity (Wildman–Crippen MR) is 76.3 cm³/mol. The molecule has 0 amide bonds. The van der Waals surface area contributed by atoms with E-state index in [2.05, 4.69) is 10.3 Å². The number of hydrogen-bond acceptors (Lipinski definition) is 6. The molecule has 0 radical (unpaired) electrons. The normalized spacial score (nSPS) is 19.0. The second-order valence-electron chi connectivity index (χ2n) is 4.87. The Labute approximate surface area is 123 Å². The van der Waals surface area contributed by atoms with Gasteiger partial charge in [0.1, 0.15) is 4.90 Å². The van der Waals surface area contributed by atoms with Crippen LogP contribution in [-0.2, 0) is 10.0 Å². The van der Waals surface area contributed by atoms with Crippen molar-refractivity contribution in [3.63, 3.8) is 0 Å². The van der Waals surface area contributed by atoms with Crippen molar-refractivity contribution in [2.75, 3.05) is 19.6 Å². The van der Waals surface area contributed by atoms with E-state index in [9.17, 15) is 18.5 Å². The van der Waals surface area contributed by atoms with Crippen LogP contribution in [-0.4, -0.2) is 48.3 Å². The molecule has 1 fully saturated rings. The fourth-order valence-electron chi connectivity index (χ4n) is 2.37. The minimum Gasteiger partial charge on any atom is -0.358 e. The number of nitrogens with one attached hydrogen (secondary N) is 1. The summed E-state index contributed by atoms with van der Waals surface area (Å²) >= 11 is 0. The molecule has 1 aromatic rings. The zero-order valence-electron chi connectivity index (χ0n) is 11.7. The summed E-state index contributed by atoms with van der Waals surface area (Å²) in [5, 5.41) is 13.7. The lowest BCUT2D eigenvalue weighted by Crippen LogP contribution is -2.42. The van der Waals surface area contributed by atoms with Gasteiger partial charge in [0.25, 0.3) is 0 Å². The van der Waals surface area contributed by atoms with Crippen LogP contribution in [0.5, 0.6) is 0 Å². The first-order valence-electron chi connectivity index (χ1n) is 6.80. The van der Waals surface area contributed by atoms with E-state index < -0.39 is 14.9 Å². The highest BCUT2D eigenvalue weighted by molar-refractivity contribution is 7.89. The van der Waals surface area contributed by atoms with Crippen LogP contribution in [0.1, 0.15) is 19.8 Å². The number of pyridine rings is 1. The van der Waals surface area contributed by atoms with Gasteiger partial charge in [-0.15, -0.1) is 0 Å². The molecule has 9 heteroatoms. The maximum atomic E-state index is 12.7. The number of nitrogens with zero attached hydrogens (tertiary/aromatic N) is 3. The minimum atomic E-state index is -3.68. The number of sulfonamides is 1. The zero-order valence-corrected chi connectivity index (χ0v) is 12.5. The van der Waals surface area contributed by atoms with E-state index in [0.717, 1.165) is 25.2 Å². The van der Waals surface area contributed by atoms with Gasteiger partial charge < -0.3 is 15.4 Å². The molecule has 1 saturated heterocycles. The van der Waals surface area contributed by atoms with Crippen LogP contribution in [0.25, 0.3) is 0 Å². The van der Waals surface area contributed by atoms with Crippen molar-refractivity contribution in [2.45, 2.75) is 30.7 Å². The maximum absolute atomic E-state index is 12.7. The highest BCUT2D eigenvalue weighted by Gasteiger charge is 2.33. The van der Waals surface area contributed by atoms with E-state index in [-0.39, 0.29) is 16.8 Å². The van der Waals surface area contributed by atoms with Crippen LogP contribution in [0, 0.1) is 10.1 Å². The molecule has 0 saturated carbocycles. The second kappa shape index (κ2) is 6.46. The fraction of sp³-hybridized carbons (Fsp3) is 0.583. The Kier molecular flexibility index (Phi) is 4.86. The lowest BCUT2D eigenvalue weighted by Gasteiger charge is -2.26. The lowest BCUT2D eigenvalue weighted by atomic mass is 10.2. The van der Waals surface area contributed by atoms with Crippen LogP contribution < -0.4 is 5.32 Å². The quantitative estimate of drug-likeness (QED) is 0.613. The van der Waals surface area contributed by atoms with Gasteiger partial charge in [0.2, 0.25) is 10.0 Å². The van der Waals surface area contributed by atoms with E-state index >= 15 is 0 Å². The molecule has 0 spiro atoms. The monoisotopic (exact) mass is 314 g/mol. The highest BCUT2D eigenvalue weighted by atomic mass is 32.2. The third-order valence-corrected chi connectivity index (χ3v) is 5.34. The van der Waals surface area contributed by atoms with Crippen molar-refractivity contribution in [3.05, 3.63) is 28.4 Å². The molecule has 2 heterocycles. The van der Waals surface area contributed by atoms with Crippen molar-refractivity contribution in [1.29, 1.82) is 0 Å². The van der Waals surface area contributed by atoms with E-state index in [4.69, 9.17) is 0 Å². The Bertz CT molecular complexity index is 596. The molecule has 0 aromatic carbocycles. The fourth-order valence-corrected chi connectivity index (χ4v) is 4.07. The molecular weight excluding hydrogens is 296 g/mol. The summed E-state index contributed by atoms with van der Waals surface area (Å²) in [6.45, 7) is 3.75. The van der Waals surface area contributed by atoms with Crippen molar-refractivity contribution < 1.29 is 13.3 Å². The third-order valence-electron chi connectivity index (χ3n) is 3.40. The van der Waals surface area contributed by atoms with Crippen molar-refractivity contribution in [2.24, 2.45) is 0 Å². The standard InChI is InChI=1S/C12H18N4O4S/c1-2-7-15(10-5-6-13-8-10)21(19,20)11-3-4-12(14-9-11)16(17)18/h3-4,9-10,13H,2,5-8H2,1H3. The molecule has 21 heavy (non-hydrogen) atoms. The molecular formula is C12H18N4O4S. The molecule has 8 nitrogen and oxygen atoms in total. The Balaban J connectivity index is 2.30. The van der Waals surface area contributed by atoms with Crippen molar-refractivity contribution in [1.82, 2.24) is 14.6 Å². The summed E-state index contributed by atoms with van der Waals surface area (Å²) < 4.78 is 26.8. The molecule has 1 aliphatic rings. The van der Waals surface area contributed by atoms with Gasteiger partial charge in [-0.3, -0.25) is 0 Å². The number of nitro groups is 1. The van der Waals surface area contributed by atoms with Gasteiger partial charge in [-0.2, -0.15) is 4.31 Å². The summed E-state index contributed by atoms with van der Waals surface area (Å²) in [6.07, 6.45) is 2.52. The molecule has 1 aliphatic heterocycles. The van der Waals surface area contributed by atoms with E-state index in [0.29, 0.717) is 19.5 Å². The van der Waals surface area contributed by atoms with Gasteiger partial charge in [-0.05, 0) is 35.4 Å². The smallest absolute Gasteiger partial charge is 0.358 e. The number of rotatable bonds is 6. The average Bonchev–Trinajstić information content (AvgIpc) is 2.98. The van der Waals surface area contributed by atoms with Crippen LogP contribution in [0.2, 0.25) is 0 Å². The first kappa shape index (κ1) is 15.8. The first-order valence-corrected chi connectivity index (χ1v) is 8.24. The average molecular weight is 314 g/mol. The van der Waals surface area contributed by atoms with E-state index in [1.54, 1.807) is 0 Å². The molecule has 1 atom stereocenters. The van der Waals surface area contributed by atoms with Gasteiger partial charge in [0.15, 0.2) is 6.20 Å². The third kappa shape index (κ3) is 3.36. The molecule has 0 aliphatic carbocycles. The maximum Gasteiger partial charge on any atom is 0.363 e. The summed E-state index contributed by atoms with van der Waals surface area (Å²) in [5.41, 5.74) is 0. The molecule has 1 aromatic heterocycles. The predicted octanol–water partition coefficient (Wildman–Crippen LogP) is 0.752. The van der Waals surface area contributed by atoms with Crippen molar-refractivity contribution in [3.8, 4) is 0 Å². The Morgan fingerprint density at radius 1 is 1.52 bits per heavy atom. The van der Waals surface area contributed by atoms with Crippen LogP contribution in [0.4, 0.5) is 5.82 Å². The topological polar surface area (TPSA) is 105 Å². The first-order chi connectivity index (χ1) is 9.96. The van der Waals surface area contributed by atoms with Gasteiger partial charge in [-0.25, -0.2) is 8.42 Å². The van der Waals surface area contributed by atoms with Gasteiger partial charge in [0, 0.05) is 25.2 Å². The van der Waals surface area contributed by atoms with E-state index in [1.807, 2.05) is 6.92 Å². The summed E-state index contributed by atoms with van der Waals surface area (Å²) in [4.78, 5) is 13.5. The Morgan fingerprint density at radius 2 is 2.29 bits per heavy atom. The number of hydrogen-bond donors (Lipinski definition) is 1. The number of aromatic nitrogens is 1. The van der Waals surface area contributed by atoms with Crippen LogP contribution >= 0.6 is 0 Å². The lowest BCUT2D eigenvalue weighted by molar-refractivity contribution is -0.389. The molecule has 0 bridgehead atoms. The van der Waals surface area contributed by atoms with Crippen LogP contribution in [0.3, 0.4) is 0 Å². The summed E-state index contributed by atoms with van der Waals surface area (Å²) in [7, 11) is -3.68. The van der Waals surface area contributed by atoms with Gasteiger partial charge >= 0.3 is 5.82 Å². The van der Waals surface area contributed by atoms with Crippen molar-refractivity contribution >= 4 is 15.8 Å². The summed E-state index contributed by atoms with van der Waals surface area (Å²) in [6, 6.07) is 2.28. The van der Waals surface area contributed by atoms with Gasteiger partial charge in [0.05, 0.1) is 0 Å². The molecule has 116 valence electrons. The molecule has 1 N–H and O–H groups in total. The highest BCUT2D eigenvalue weighted by Crippen LogP contribution is 2.22. The summed E-state index contributed by atoms with van der Waals surface area (Å²) in [5.74, 6) is -0.362. The molecule has 2 rings (SSSR count). The molecule has 1 unspecified atom stereocenters. The minimum absolute atomic E-state index is 0.00606.